The van der Waals surface area contributed by atoms with E-state index in [9.17, 15) is 13.2 Å². The second-order valence-corrected chi connectivity index (χ2v) is 5.72. The summed E-state index contributed by atoms with van der Waals surface area (Å²) >= 11 is 0. The highest BCUT2D eigenvalue weighted by Gasteiger charge is 2.40. The van der Waals surface area contributed by atoms with Crippen LogP contribution in [0.1, 0.15) is 26.7 Å². The molecule has 94 valence electrons. The first-order valence-electron chi connectivity index (χ1n) is 5.39. The Hall–Kier alpha value is -0.660. The summed E-state index contributed by atoms with van der Waals surface area (Å²) < 4.78 is 27.0. The smallest absolute Gasteiger partial charge is 0.322 e. The number of rotatable bonds is 4. The lowest BCUT2D eigenvalue weighted by molar-refractivity contribution is -0.144. The van der Waals surface area contributed by atoms with Crippen molar-refractivity contribution in [1.82, 2.24) is 9.03 Å². The van der Waals surface area contributed by atoms with Crippen molar-refractivity contribution in [1.29, 1.82) is 0 Å². The first-order valence-corrected chi connectivity index (χ1v) is 6.83. The highest BCUT2D eigenvalue weighted by molar-refractivity contribution is 7.87. The summed E-state index contributed by atoms with van der Waals surface area (Å²) in [4.78, 5) is 11.1. The molecule has 0 spiro atoms. The van der Waals surface area contributed by atoms with Crippen LogP contribution in [0.2, 0.25) is 0 Å². The Kier molecular flexibility index (Phi) is 4.28. The molecule has 2 N–H and O–H groups in total. The Balaban J connectivity index is 2.96. The average molecular weight is 250 g/mol. The molecular formula is C9H18N2O4S. The fraction of sp³-hybridized carbons (Fsp3) is 0.889. The van der Waals surface area contributed by atoms with Crippen LogP contribution in [0.3, 0.4) is 0 Å². The van der Waals surface area contributed by atoms with Crippen molar-refractivity contribution in [3.05, 3.63) is 0 Å². The Morgan fingerprint density at radius 1 is 1.56 bits per heavy atom. The fourth-order valence-electron chi connectivity index (χ4n) is 2.05. The van der Waals surface area contributed by atoms with E-state index in [1.54, 1.807) is 13.8 Å². The van der Waals surface area contributed by atoms with Crippen molar-refractivity contribution in [2.45, 2.75) is 32.7 Å². The lowest BCUT2D eigenvalue weighted by Crippen LogP contribution is -2.55. The summed E-state index contributed by atoms with van der Waals surface area (Å²) in [6.45, 7) is 3.98. The minimum absolute atomic E-state index is 0.153. The van der Waals surface area contributed by atoms with Gasteiger partial charge in [-0.15, -0.1) is 0 Å². The zero-order valence-corrected chi connectivity index (χ0v) is 10.3. The molecule has 0 amide bonds. The Morgan fingerprint density at radius 2 is 2.19 bits per heavy atom. The van der Waals surface area contributed by atoms with E-state index in [-0.39, 0.29) is 19.0 Å². The van der Waals surface area contributed by atoms with Gasteiger partial charge in [0.25, 0.3) is 10.2 Å². The summed E-state index contributed by atoms with van der Waals surface area (Å²) in [6.07, 6.45) is 1.45. The van der Waals surface area contributed by atoms with Gasteiger partial charge in [-0.1, -0.05) is 13.8 Å². The molecule has 7 heteroatoms. The molecule has 0 aliphatic carbocycles. The van der Waals surface area contributed by atoms with Gasteiger partial charge >= 0.3 is 5.97 Å². The van der Waals surface area contributed by atoms with Crippen molar-refractivity contribution in [3.63, 3.8) is 0 Å². The number of carbonyl (C=O) groups is 1. The van der Waals surface area contributed by atoms with Gasteiger partial charge in [0.15, 0.2) is 0 Å². The van der Waals surface area contributed by atoms with E-state index in [0.29, 0.717) is 6.42 Å². The number of aliphatic carboxylic acids is 1. The third-order valence-corrected chi connectivity index (χ3v) is 4.46. The van der Waals surface area contributed by atoms with E-state index in [4.69, 9.17) is 5.11 Å². The molecule has 0 aromatic rings. The molecule has 1 rings (SSSR count). The molecular weight excluding hydrogens is 232 g/mol. The van der Waals surface area contributed by atoms with Gasteiger partial charge in [-0.2, -0.15) is 12.7 Å². The molecule has 2 unspecified atom stereocenters. The minimum Gasteiger partial charge on any atom is -0.480 e. The maximum Gasteiger partial charge on any atom is 0.322 e. The van der Waals surface area contributed by atoms with Crippen molar-refractivity contribution >= 4 is 16.2 Å². The van der Waals surface area contributed by atoms with Crippen LogP contribution in [0.25, 0.3) is 0 Å². The van der Waals surface area contributed by atoms with Crippen molar-refractivity contribution in [3.8, 4) is 0 Å². The van der Waals surface area contributed by atoms with Gasteiger partial charge in [0.1, 0.15) is 6.04 Å². The Morgan fingerprint density at radius 3 is 2.69 bits per heavy atom. The molecule has 1 fully saturated rings. The predicted octanol–water partition coefficient (Wildman–Crippen LogP) is 0.0258. The summed E-state index contributed by atoms with van der Waals surface area (Å²) in [5.41, 5.74) is 0. The SMILES string of the molecule is CCNS(=O)(=O)N1CCCC(C)C1C(=O)O. The van der Waals surface area contributed by atoms with E-state index in [2.05, 4.69) is 4.72 Å². The fourth-order valence-corrected chi connectivity index (χ4v) is 3.55. The lowest BCUT2D eigenvalue weighted by Gasteiger charge is -2.35. The number of hydrogen-bond acceptors (Lipinski definition) is 3. The number of hydrogen-bond donors (Lipinski definition) is 2. The Bertz CT molecular complexity index is 355. The third kappa shape index (κ3) is 2.72. The molecule has 1 saturated heterocycles. The minimum atomic E-state index is -3.66. The summed E-state index contributed by atoms with van der Waals surface area (Å²) in [5.74, 6) is -1.23. The largest absolute Gasteiger partial charge is 0.480 e. The number of carboxylic acid groups (broad SMARTS) is 1. The normalized spacial score (nSPS) is 27.9. The summed E-state index contributed by atoms with van der Waals surface area (Å²) in [5, 5.41) is 9.08. The molecule has 0 radical (unpaired) electrons. The van der Waals surface area contributed by atoms with Crippen LogP contribution < -0.4 is 4.72 Å². The second kappa shape index (κ2) is 5.11. The van der Waals surface area contributed by atoms with Crippen LogP contribution in [0, 0.1) is 5.92 Å². The first kappa shape index (κ1) is 13.4. The van der Waals surface area contributed by atoms with Crippen LogP contribution in [-0.2, 0) is 15.0 Å². The quantitative estimate of drug-likeness (QED) is 0.736. The van der Waals surface area contributed by atoms with Gasteiger partial charge in [0.05, 0.1) is 0 Å². The van der Waals surface area contributed by atoms with Crippen molar-refractivity contribution in [2.75, 3.05) is 13.1 Å². The number of carboxylic acids is 1. The van der Waals surface area contributed by atoms with E-state index >= 15 is 0 Å². The van der Waals surface area contributed by atoms with E-state index in [1.165, 1.54) is 0 Å². The van der Waals surface area contributed by atoms with E-state index in [1.807, 2.05) is 0 Å². The molecule has 0 saturated carbocycles. The predicted molar refractivity (Wildman–Crippen MR) is 59.1 cm³/mol. The summed E-state index contributed by atoms with van der Waals surface area (Å²) in [6, 6.07) is -0.946. The number of piperidine rings is 1. The van der Waals surface area contributed by atoms with Gasteiger partial charge in [-0.3, -0.25) is 4.79 Å². The second-order valence-electron chi connectivity index (χ2n) is 4.02. The van der Waals surface area contributed by atoms with E-state index < -0.39 is 22.2 Å². The maximum atomic E-state index is 11.8. The standard InChI is InChI=1S/C9H18N2O4S/c1-3-10-16(14,15)11-6-4-5-7(2)8(11)9(12)13/h7-8,10H,3-6H2,1-2H3,(H,12,13). The van der Waals surface area contributed by atoms with Crippen LogP contribution in [0.15, 0.2) is 0 Å². The monoisotopic (exact) mass is 250 g/mol. The zero-order chi connectivity index (χ0) is 12.3. The lowest BCUT2D eigenvalue weighted by atomic mass is 9.93. The number of nitrogens with one attached hydrogen (secondary N) is 1. The van der Waals surface area contributed by atoms with Crippen LogP contribution in [0.5, 0.6) is 0 Å². The van der Waals surface area contributed by atoms with Gasteiger partial charge in [-0.25, -0.2) is 4.72 Å². The highest BCUT2D eigenvalue weighted by atomic mass is 32.2. The van der Waals surface area contributed by atoms with Crippen LogP contribution in [-0.4, -0.2) is 42.9 Å². The van der Waals surface area contributed by atoms with Gasteiger partial charge in [0, 0.05) is 13.1 Å². The summed E-state index contributed by atoms with van der Waals surface area (Å²) in [7, 11) is -3.66. The first-order chi connectivity index (χ1) is 7.40. The molecule has 1 aliphatic rings. The highest BCUT2D eigenvalue weighted by Crippen LogP contribution is 2.25. The van der Waals surface area contributed by atoms with Gasteiger partial charge < -0.3 is 5.11 Å². The van der Waals surface area contributed by atoms with Gasteiger partial charge in [0.2, 0.25) is 0 Å². The van der Waals surface area contributed by atoms with Gasteiger partial charge in [-0.05, 0) is 18.8 Å². The molecule has 0 aromatic carbocycles. The number of nitrogens with zero attached hydrogens (tertiary/aromatic N) is 1. The molecule has 0 aromatic heterocycles. The Labute approximate surface area is 95.8 Å². The van der Waals surface area contributed by atoms with Crippen LogP contribution in [0.4, 0.5) is 0 Å². The van der Waals surface area contributed by atoms with Crippen LogP contribution >= 0.6 is 0 Å². The molecule has 2 atom stereocenters. The average Bonchev–Trinajstić information content (AvgIpc) is 2.16. The topological polar surface area (TPSA) is 86.7 Å². The molecule has 6 nitrogen and oxygen atoms in total. The van der Waals surface area contributed by atoms with E-state index in [0.717, 1.165) is 10.7 Å². The molecule has 1 aliphatic heterocycles. The molecule has 0 bridgehead atoms. The van der Waals surface area contributed by atoms with Crippen molar-refractivity contribution in [2.24, 2.45) is 5.92 Å². The third-order valence-electron chi connectivity index (χ3n) is 2.78. The zero-order valence-electron chi connectivity index (χ0n) is 9.51. The maximum absolute atomic E-state index is 11.8. The molecule has 1 heterocycles. The van der Waals surface area contributed by atoms with Crippen molar-refractivity contribution < 1.29 is 18.3 Å². The molecule has 16 heavy (non-hydrogen) atoms.